The summed E-state index contributed by atoms with van der Waals surface area (Å²) in [5, 5.41) is 0. The quantitative estimate of drug-likeness (QED) is 0.605. The van der Waals surface area contributed by atoms with E-state index < -0.39 is 0 Å². The van der Waals surface area contributed by atoms with E-state index in [-0.39, 0.29) is 0 Å². The van der Waals surface area contributed by atoms with Gasteiger partial charge in [0, 0.05) is 0 Å². The number of pyridine rings is 1. The van der Waals surface area contributed by atoms with Crippen LogP contribution in [0.5, 0.6) is 5.75 Å². The zero-order chi connectivity index (χ0) is 11.2. The number of aromatic nitrogens is 1. The summed E-state index contributed by atoms with van der Waals surface area (Å²) in [5.41, 5.74) is 2.49. The van der Waals surface area contributed by atoms with Crippen LogP contribution in [0.1, 0.15) is 32.1 Å². The Morgan fingerprint density at radius 2 is 2.12 bits per heavy atom. The first-order valence-corrected chi connectivity index (χ1v) is 5.94. The Kier molecular flexibility index (Phi) is 3.99. The van der Waals surface area contributed by atoms with Crippen molar-refractivity contribution in [2.45, 2.75) is 32.1 Å². The number of nitrogens with zero attached hydrogens (tertiary/aromatic N) is 1. The highest BCUT2D eigenvalue weighted by molar-refractivity contribution is 5.35. The van der Waals surface area contributed by atoms with Crippen molar-refractivity contribution in [3.8, 4) is 5.75 Å². The standard InChI is InChI=1S/C12H19N3O/c13-15-12-7-6-11(8-14-12)16-9-10-4-2-1-3-5-10/h6-8,10H,1-5,9,13H2,(H,14,15). The highest BCUT2D eigenvalue weighted by Crippen LogP contribution is 2.24. The van der Waals surface area contributed by atoms with Gasteiger partial charge in [0.2, 0.25) is 0 Å². The molecule has 0 atom stereocenters. The Morgan fingerprint density at radius 3 is 2.75 bits per heavy atom. The number of anilines is 1. The van der Waals surface area contributed by atoms with Gasteiger partial charge in [-0.15, -0.1) is 0 Å². The van der Waals surface area contributed by atoms with Crippen molar-refractivity contribution >= 4 is 5.82 Å². The predicted octanol–water partition coefficient (Wildman–Crippen LogP) is 2.33. The van der Waals surface area contributed by atoms with Gasteiger partial charge in [-0.05, 0) is 30.9 Å². The van der Waals surface area contributed by atoms with Crippen molar-refractivity contribution in [3.05, 3.63) is 18.3 Å². The van der Waals surface area contributed by atoms with E-state index in [0.29, 0.717) is 5.82 Å². The SMILES string of the molecule is NNc1ccc(OCC2CCCCC2)cn1. The normalized spacial score (nSPS) is 17.1. The summed E-state index contributed by atoms with van der Waals surface area (Å²) < 4.78 is 5.71. The van der Waals surface area contributed by atoms with Gasteiger partial charge in [-0.25, -0.2) is 10.8 Å². The van der Waals surface area contributed by atoms with Crippen molar-refractivity contribution in [1.82, 2.24) is 4.98 Å². The summed E-state index contributed by atoms with van der Waals surface area (Å²) in [6.45, 7) is 0.817. The number of hydrogen-bond donors (Lipinski definition) is 2. The first kappa shape index (κ1) is 11.2. The Bertz CT molecular complexity index is 307. The first-order chi connectivity index (χ1) is 7.88. The average Bonchev–Trinajstić information content (AvgIpc) is 2.38. The summed E-state index contributed by atoms with van der Waals surface area (Å²) in [6, 6.07) is 3.71. The zero-order valence-corrected chi connectivity index (χ0v) is 9.48. The largest absolute Gasteiger partial charge is 0.492 e. The van der Waals surface area contributed by atoms with E-state index in [1.54, 1.807) is 6.20 Å². The maximum absolute atomic E-state index is 5.71. The van der Waals surface area contributed by atoms with Crippen LogP contribution in [0.15, 0.2) is 18.3 Å². The molecule has 0 unspecified atom stereocenters. The van der Waals surface area contributed by atoms with Gasteiger partial charge in [0.05, 0.1) is 12.8 Å². The van der Waals surface area contributed by atoms with E-state index in [0.717, 1.165) is 18.3 Å². The molecule has 88 valence electrons. The lowest BCUT2D eigenvalue weighted by atomic mass is 9.90. The molecule has 0 bridgehead atoms. The maximum atomic E-state index is 5.71. The Morgan fingerprint density at radius 1 is 1.31 bits per heavy atom. The lowest BCUT2D eigenvalue weighted by Crippen LogP contribution is -2.15. The second kappa shape index (κ2) is 5.70. The molecule has 1 saturated carbocycles. The number of rotatable bonds is 4. The highest BCUT2D eigenvalue weighted by Gasteiger charge is 2.13. The predicted molar refractivity (Wildman–Crippen MR) is 64.1 cm³/mol. The van der Waals surface area contributed by atoms with Gasteiger partial charge < -0.3 is 10.2 Å². The van der Waals surface area contributed by atoms with Crippen LogP contribution in [0, 0.1) is 5.92 Å². The monoisotopic (exact) mass is 221 g/mol. The van der Waals surface area contributed by atoms with E-state index in [1.807, 2.05) is 12.1 Å². The molecule has 0 radical (unpaired) electrons. The molecule has 0 aromatic carbocycles. The fraction of sp³-hybridized carbons (Fsp3) is 0.583. The molecule has 2 rings (SSSR count). The summed E-state index contributed by atoms with van der Waals surface area (Å²) in [6.07, 6.45) is 8.39. The van der Waals surface area contributed by atoms with Crippen molar-refractivity contribution in [3.63, 3.8) is 0 Å². The lowest BCUT2D eigenvalue weighted by molar-refractivity contribution is 0.208. The third-order valence-corrected chi connectivity index (χ3v) is 3.09. The summed E-state index contributed by atoms with van der Waals surface area (Å²) in [5.74, 6) is 7.44. The van der Waals surface area contributed by atoms with Crippen LogP contribution >= 0.6 is 0 Å². The van der Waals surface area contributed by atoms with Crippen molar-refractivity contribution in [2.75, 3.05) is 12.0 Å². The molecule has 1 fully saturated rings. The smallest absolute Gasteiger partial charge is 0.140 e. The topological polar surface area (TPSA) is 60.2 Å². The maximum Gasteiger partial charge on any atom is 0.140 e. The molecule has 0 amide bonds. The second-order valence-corrected chi connectivity index (χ2v) is 4.34. The highest BCUT2D eigenvalue weighted by atomic mass is 16.5. The number of nitrogens with two attached hydrogens (primary N) is 1. The number of nitrogen functional groups attached to an aromatic ring is 1. The molecule has 1 heterocycles. The van der Waals surface area contributed by atoms with Gasteiger partial charge in [-0.1, -0.05) is 19.3 Å². The second-order valence-electron chi connectivity index (χ2n) is 4.34. The van der Waals surface area contributed by atoms with E-state index in [4.69, 9.17) is 10.6 Å². The molecule has 1 aromatic rings. The summed E-state index contributed by atoms with van der Waals surface area (Å²) in [4.78, 5) is 4.10. The van der Waals surface area contributed by atoms with Crippen molar-refractivity contribution in [1.29, 1.82) is 0 Å². The molecule has 4 nitrogen and oxygen atoms in total. The number of hydrazine groups is 1. The van der Waals surface area contributed by atoms with E-state index in [1.165, 1.54) is 32.1 Å². The molecule has 0 saturated heterocycles. The Hall–Kier alpha value is -1.29. The third kappa shape index (κ3) is 3.10. The van der Waals surface area contributed by atoms with E-state index >= 15 is 0 Å². The van der Waals surface area contributed by atoms with Crippen LogP contribution in [0.4, 0.5) is 5.82 Å². The molecule has 16 heavy (non-hydrogen) atoms. The minimum absolute atomic E-state index is 0.657. The van der Waals surface area contributed by atoms with Crippen LogP contribution < -0.4 is 16.0 Å². The molecular weight excluding hydrogens is 202 g/mol. The van der Waals surface area contributed by atoms with Crippen molar-refractivity contribution < 1.29 is 4.74 Å². The molecular formula is C12H19N3O. The van der Waals surface area contributed by atoms with Crippen LogP contribution in [0.25, 0.3) is 0 Å². The lowest BCUT2D eigenvalue weighted by Gasteiger charge is -2.21. The molecule has 3 N–H and O–H groups in total. The van der Waals surface area contributed by atoms with Gasteiger partial charge >= 0.3 is 0 Å². The van der Waals surface area contributed by atoms with E-state index in [2.05, 4.69) is 10.4 Å². The molecule has 0 spiro atoms. The van der Waals surface area contributed by atoms with Crippen molar-refractivity contribution in [2.24, 2.45) is 11.8 Å². The van der Waals surface area contributed by atoms with Crippen LogP contribution in [-0.2, 0) is 0 Å². The fourth-order valence-electron chi connectivity index (χ4n) is 2.12. The molecule has 1 aromatic heterocycles. The van der Waals surface area contributed by atoms with Gasteiger partial charge in [0.15, 0.2) is 0 Å². The summed E-state index contributed by atoms with van der Waals surface area (Å²) in [7, 11) is 0. The average molecular weight is 221 g/mol. The first-order valence-electron chi connectivity index (χ1n) is 5.94. The molecule has 4 heteroatoms. The molecule has 1 aliphatic rings. The number of nitrogens with one attached hydrogen (secondary N) is 1. The fourth-order valence-corrected chi connectivity index (χ4v) is 2.12. The van der Waals surface area contributed by atoms with E-state index in [9.17, 15) is 0 Å². The number of ether oxygens (including phenoxy) is 1. The Labute approximate surface area is 96.2 Å². The van der Waals surface area contributed by atoms with Crippen LogP contribution in [-0.4, -0.2) is 11.6 Å². The van der Waals surface area contributed by atoms with Crippen LogP contribution in [0.2, 0.25) is 0 Å². The minimum atomic E-state index is 0.657. The zero-order valence-electron chi connectivity index (χ0n) is 9.48. The summed E-state index contributed by atoms with van der Waals surface area (Å²) >= 11 is 0. The minimum Gasteiger partial charge on any atom is -0.492 e. The van der Waals surface area contributed by atoms with Gasteiger partial charge in [0.1, 0.15) is 11.6 Å². The number of hydrogen-bond acceptors (Lipinski definition) is 4. The molecule has 0 aliphatic heterocycles. The Balaban J connectivity index is 1.79. The van der Waals surface area contributed by atoms with Crippen LogP contribution in [0.3, 0.4) is 0 Å². The van der Waals surface area contributed by atoms with Gasteiger partial charge in [-0.2, -0.15) is 0 Å². The van der Waals surface area contributed by atoms with Gasteiger partial charge in [-0.3, -0.25) is 0 Å². The third-order valence-electron chi connectivity index (χ3n) is 3.09. The van der Waals surface area contributed by atoms with Gasteiger partial charge in [0.25, 0.3) is 0 Å². The molecule has 1 aliphatic carbocycles.